The second-order valence-corrected chi connectivity index (χ2v) is 3.95. The molecule has 78 valence electrons. The van der Waals surface area contributed by atoms with Crippen LogP contribution in [0.5, 0.6) is 0 Å². The Morgan fingerprint density at radius 3 is 2.53 bits per heavy atom. The summed E-state index contributed by atoms with van der Waals surface area (Å²) in [7, 11) is 0. The van der Waals surface area contributed by atoms with Gasteiger partial charge in [-0.3, -0.25) is 0 Å². The maximum Gasteiger partial charge on any atom is 0.333 e. The molecule has 1 aliphatic heterocycles. The molecule has 0 aromatic heterocycles. The number of carbonyl (C=O) groups excluding carboxylic acids is 1. The highest BCUT2D eigenvalue weighted by molar-refractivity contribution is 9.10. The third-order valence-corrected chi connectivity index (χ3v) is 2.40. The van der Waals surface area contributed by atoms with E-state index in [0.717, 1.165) is 15.9 Å². The second-order valence-electron chi connectivity index (χ2n) is 3.03. The van der Waals surface area contributed by atoms with E-state index < -0.39 is 0 Å². The van der Waals surface area contributed by atoms with Gasteiger partial charge in [0, 0.05) is 10.5 Å². The van der Waals surface area contributed by atoms with Gasteiger partial charge in [0.25, 0.3) is 0 Å². The average molecular weight is 269 g/mol. The third-order valence-electron chi connectivity index (χ3n) is 1.87. The highest BCUT2D eigenvalue weighted by Crippen LogP contribution is 2.13. The molecule has 0 saturated heterocycles. The molecule has 1 aromatic carbocycles. The van der Waals surface area contributed by atoms with Crippen LogP contribution in [-0.4, -0.2) is 12.6 Å². The number of hydrogen-bond donors (Lipinski definition) is 2. The maximum atomic E-state index is 10.7. The van der Waals surface area contributed by atoms with Gasteiger partial charge in [-0.15, -0.1) is 0 Å². The molecule has 1 heterocycles. The summed E-state index contributed by atoms with van der Waals surface area (Å²) in [6, 6.07) is 7.67. The summed E-state index contributed by atoms with van der Waals surface area (Å²) < 4.78 is 5.75. The van der Waals surface area contributed by atoms with Gasteiger partial charge >= 0.3 is 5.97 Å². The number of esters is 1. The van der Waals surface area contributed by atoms with Gasteiger partial charge in [0.2, 0.25) is 0 Å². The van der Waals surface area contributed by atoms with Gasteiger partial charge in [-0.2, -0.15) is 0 Å². The molecule has 0 radical (unpaired) electrons. The minimum absolute atomic E-state index is 0.294. The zero-order valence-electron chi connectivity index (χ0n) is 7.79. The topological polar surface area (TPSA) is 50.4 Å². The summed E-state index contributed by atoms with van der Waals surface area (Å²) in [4.78, 5) is 10.7. The molecule has 0 aliphatic carbocycles. The first-order valence-corrected chi connectivity index (χ1v) is 5.18. The van der Waals surface area contributed by atoms with E-state index in [9.17, 15) is 4.79 Å². The van der Waals surface area contributed by atoms with Crippen molar-refractivity contribution >= 4 is 27.6 Å². The van der Waals surface area contributed by atoms with Crippen LogP contribution in [0, 0.1) is 0 Å². The second kappa shape index (κ2) is 4.35. The molecular weight excluding hydrogens is 260 g/mol. The fourth-order valence-corrected chi connectivity index (χ4v) is 1.40. The van der Waals surface area contributed by atoms with Crippen molar-refractivity contribution in [2.45, 2.75) is 0 Å². The van der Waals surface area contributed by atoms with Gasteiger partial charge in [-0.05, 0) is 24.3 Å². The Labute approximate surface area is 95.4 Å². The van der Waals surface area contributed by atoms with Crippen LogP contribution in [0.1, 0.15) is 0 Å². The van der Waals surface area contributed by atoms with Crippen LogP contribution in [0.15, 0.2) is 40.5 Å². The lowest BCUT2D eigenvalue weighted by molar-refractivity contribution is -0.134. The Bertz CT molecular complexity index is 400. The molecule has 4 nitrogen and oxygen atoms in total. The molecule has 0 amide bonds. The van der Waals surface area contributed by atoms with Gasteiger partial charge in [0.05, 0.1) is 11.4 Å². The third kappa shape index (κ3) is 2.73. The molecule has 15 heavy (non-hydrogen) atoms. The minimum atomic E-state index is -0.310. The number of nitrogens with one attached hydrogen (secondary N) is 2. The van der Waals surface area contributed by atoms with E-state index in [1.807, 2.05) is 24.3 Å². The van der Waals surface area contributed by atoms with E-state index in [0.29, 0.717) is 6.61 Å². The first kappa shape index (κ1) is 10.0. The maximum absolute atomic E-state index is 10.7. The van der Waals surface area contributed by atoms with Gasteiger partial charge in [0.15, 0.2) is 0 Å². The van der Waals surface area contributed by atoms with Crippen molar-refractivity contribution in [1.29, 1.82) is 0 Å². The number of ether oxygens (including phenoxy) is 1. The zero-order chi connectivity index (χ0) is 10.7. The Balaban J connectivity index is 1.91. The molecular formula is C10H9BrN2O2. The highest BCUT2D eigenvalue weighted by atomic mass is 79.9. The molecule has 2 N–H and O–H groups in total. The van der Waals surface area contributed by atoms with Crippen LogP contribution in [0.25, 0.3) is 0 Å². The normalized spacial score (nSPS) is 14.5. The summed E-state index contributed by atoms with van der Waals surface area (Å²) in [5.74, 6) is -0.310. The predicted molar refractivity (Wildman–Crippen MR) is 59.9 cm³/mol. The SMILES string of the molecule is O=C1C=C(NNc2ccc(Br)cc2)CO1. The number of hydrogen-bond acceptors (Lipinski definition) is 4. The summed E-state index contributed by atoms with van der Waals surface area (Å²) in [5, 5.41) is 0. The number of benzene rings is 1. The molecule has 1 aliphatic rings. The van der Waals surface area contributed by atoms with Crippen LogP contribution in [0.4, 0.5) is 5.69 Å². The van der Waals surface area contributed by atoms with Gasteiger partial charge in [-0.25, -0.2) is 4.79 Å². The van der Waals surface area contributed by atoms with Crippen LogP contribution >= 0.6 is 15.9 Å². The van der Waals surface area contributed by atoms with Crippen molar-refractivity contribution < 1.29 is 9.53 Å². The predicted octanol–water partition coefficient (Wildman–Crippen LogP) is 1.81. The largest absolute Gasteiger partial charge is 0.456 e. The van der Waals surface area contributed by atoms with Crippen molar-refractivity contribution in [1.82, 2.24) is 5.43 Å². The van der Waals surface area contributed by atoms with E-state index in [1.54, 1.807) is 0 Å². The van der Waals surface area contributed by atoms with Crippen LogP contribution in [0.3, 0.4) is 0 Å². The lowest BCUT2D eigenvalue weighted by Crippen LogP contribution is -2.21. The minimum Gasteiger partial charge on any atom is -0.456 e. The van der Waals surface area contributed by atoms with Crippen LogP contribution < -0.4 is 10.9 Å². The quantitative estimate of drug-likeness (QED) is 0.649. The average Bonchev–Trinajstić information content (AvgIpc) is 2.64. The molecule has 0 unspecified atom stereocenters. The monoisotopic (exact) mass is 268 g/mol. The summed E-state index contributed by atoms with van der Waals surface area (Å²) >= 11 is 3.35. The first-order valence-electron chi connectivity index (χ1n) is 4.39. The lowest BCUT2D eigenvalue weighted by atomic mass is 10.3. The number of anilines is 1. The summed E-state index contributed by atoms with van der Waals surface area (Å²) in [6.07, 6.45) is 1.42. The highest BCUT2D eigenvalue weighted by Gasteiger charge is 2.11. The zero-order valence-corrected chi connectivity index (χ0v) is 9.37. The number of cyclic esters (lactones) is 1. The fraction of sp³-hybridized carbons (Fsp3) is 0.100. The molecule has 5 heteroatoms. The Hall–Kier alpha value is -1.49. The van der Waals surface area contributed by atoms with Crippen LogP contribution in [0.2, 0.25) is 0 Å². The first-order chi connectivity index (χ1) is 7.24. The summed E-state index contributed by atoms with van der Waals surface area (Å²) in [5.41, 5.74) is 7.50. The van der Waals surface area contributed by atoms with Crippen molar-refractivity contribution in [3.05, 3.63) is 40.5 Å². The number of hydrazine groups is 1. The van der Waals surface area contributed by atoms with Crippen molar-refractivity contribution in [3.63, 3.8) is 0 Å². The lowest BCUT2D eigenvalue weighted by Gasteiger charge is -2.08. The molecule has 0 fully saturated rings. The van der Waals surface area contributed by atoms with E-state index in [2.05, 4.69) is 26.8 Å². The molecule has 0 saturated carbocycles. The smallest absolute Gasteiger partial charge is 0.333 e. The number of carbonyl (C=O) groups is 1. The summed E-state index contributed by atoms with van der Waals surface area (Å²) in [6.45, 7) is 0.294. The standard InChI is InChI=1S/C10H9BrN2O2/c11-7-1-3-8(4-2-7)12-13-9-5-10(14)15-6-9/h1-5,12-13H,6H2. The number of rotatable bonds is 3. The Kier molecular flexibility index (Phi) is 2.91. The number of halogens is 1. The van der Waals surface area contributed by atoms with Gasteiger partial charge in [-0.1, -0.05) is 15.9 Å². The molecule has 2 rings (SSSR count). The molecule has 0 spiro atoms. The van der Waals surface area contributed by atoms with Crippen molar-refractivity contribution in [2.24, 2.45) is 0 Å². The Morgan fingerprint density at radius 2 is 1.93 bits per heavy atom. The van der Waals surface area contributed by atoms with E-state index in [-0.39, 0.29) is 5.97 Å². The van der Waals surface area contributed by atoms with E-state index in [1.165, 1.54) is 6.08 Å². The van der Waals surface area contributed by atoms with E-state index >= 15 is 0 Å². The van der Waals surface area contributed by atoms with Crippen molar-refractivity contribution in [3.8, 4) is 0 Å². The Morgan fingerprint density at radius 1 is 1.20 bits per heavy atom. The molecule has 1 aromatic rings. The fourth-order valence-electron chi connectivity index (χ4n) is 1.13. The van der Waals surface area contributed by atoms with E-state index in [4.69, 9.17) is 4.74 Å². The molecule has 0 atom stereocenters. The van der Waals surface area contributed by atoms with Gasteiger partial charge in [0.1, 0.15) is 6.61 Å². The van der Waals surface area contributed by atoms with Gasteiger partial charge < -0.3 is 15.6 Å². The molecule has 0 bridgehead atoms. The van der Waals surface area contributed by atoms with Crippen molar-refractivity contribution in [2.75, 3.05) is 12.0 Å². The van der Waals surface area contributed by atoms with Crippen LogP contribution in [-0.2, 0) is 9.53 Å².